The Balaban J connectivity index is 2.25. The first kappa shape index (κ1) is 14.9. The summed E-state index contributed by atoms with van der Waals surface area (Å²) in [7, 11) is 0. The van der Waals surface area contributed by atoms with Crippen LogP contribution in [-0.2, 0) is 0 Å². The molecule has 0 saturated carbocycles. The second-order valence-corrected chi connectivity index (χ2v) is 5.51. The lowest BCUT2D eigenvalue weighted by Crippen LogP contribution is -2.05. The minimum atomic E-state index is -0.497. The third-order valence-corrected chi connectivity index (χ3v) is 3.53. The van der Waals surface area contributed by atoms with Crippen molar-refractivity contribution in [1.29, 1.82) is 0 Å². The van der Waals surface area contributed by atoms with Gasteiger partial charge in [-0.2, -0.15) is 0 Å². The van der Waals surface area contributed by atoms with Gasteiger partial charge in [0.25, 0.3) is 0 Å². The van der Waals surface area contributed by atoms with Crippen LogP contribution >= 0.6 is 11.6 Å². The Hall–Kier alpha value is -1.54. The van der Waals surface area contributed by atoms with Gasteiger partial charge in [-0.3, -0.25) is 0 Å². The van der Waals surface area contributed by atoms with Gasteiger partial charge in [-0.15, -0.1) is 11.6 Å². The van der Waals surface area contributed by atoms with Gasteiger partial charge in [-0.05, 0) is 44.0 Å². The van der Waals surface area contributed by atoms with Gasteiger partial charge in [-0.25, -0.2) is 4.39 Å². The van der Waals surface area contributed by atoms with E-state index in [1.807, 2.05) is 44.2 Å². The van der Waals surface area contributed by atoms with E-state index in [-0.39, 0.29) is 11.9 Å². The first-order valence-corrected chi connectivity index (χ1v) is 7.08. The Morgan fingerprint density at radius 3 is 2.30 bits per heavy atom. The maximum atomic E-state index is 14.1. The van der Waals surface area contributed by atoms with Gasteiger partial charge >= 0.3 is 0 Å². The number of rotatable bonds is 4. The molecule has 0 amide bonds. The number of halogens is 2. The maximum Gasteiger partial charge on any atom is 0.131 e. The predicted molar refractivity (Wildman–Crippen MR) is 81.0 cm³/mol. The summed E-state index contributed by atoms with van der Waals surface area (Å²) in [5.41, 5.74) is 1.96. The molecule has 2 rings (SSSR count). The van der Waals surface area contributed by atoms with Crippen LogP contribution in [0.25, 0.3) is 0 Å². The topological polar surface area (TPSA) is 9.23 Å². The van der Waals surface area contributed by atoms with Crippen molar-refractivity contribution in [2.75, 3.05) is 0 Å². The molecule has 1 unspecified atom stereocenters. The molecular weight excluding hydrogens is 275 g/mol. The molecule has 0 spiro atoms. The third kappa shape index (κ3) is 3.31. The zero-order valence-corrected chi connectivity index (χ0v) is 12.6. The summed E-state index contributed by atoms with van der Waals surface area (Å²) >= 11 is 6.39. The first-order chi connectivity index (χ1) is 9.49. The van der Waals surface area contributed by atoms with Crippen molar-refractivity contribution in [2.45, 2.75) is 32.3 Å². The average molecular weight is 293 g/mol. The van der Waals surface area contributed by atoms with Crippen LogP contribution in [0.3, 0.4) is 0 Å². The molecule has 106 valence electrons. The largest absolute Gasteiger partial charge is 0.491 e. The Bertz CT molecular complexity index is 578. The molecule has 20 heavy (non-hydrogen) atoms. The lowest BCUT2D eigenvalue weighted by Gasteiger charge is -2.14. The Morgan fingerprint density at radius 2 is 1.70 bits per heavy atom. The summed E-state index contributed by atoms with van der Waals surface area (Å²) in [4.78, 5) is 0. The molecule has 0 N–H and O–H groups in total. The summed E-state index contributed by atoms with van der Waals surface area (Å²) < 4.78 is 19.7. The van der Waals surface area contributed by atoms with E-state index in [2.05, 4.69) is 0 Å². The number of alkyl halides is 1. The van der Waals surface area contributed by atoms with Crippen LogP contribution < -0.4 is 4.74 Å². The third-order valence-electron chi connectivity index (χ3n) is 3.04. The fourth-order valence-corrected chi connectivity index (χ4v) is 2.35. The van der Waals surface area contributed by atoms with E-state index in [1.54, 1.807) is 19.1 Å². The van der Waals surface area contributed by atoms with Gasteiger partial charge in [0.2, 0.25) is 0 Å². The molecule has 0 heterocycles. The molecule has 0 saturated heterocycles. The van der Waals surface area contributed by atoms with E-state index >= 15 is 0 Å². The molecule has 0 aliphatic rings. The van der Waals surface area contributed by atoms with Crippen LogP contribution in [0, 0.1) is 12.7 Å². The van der Waals surface area contributed by atoms with Gasteiger partial charge < -0.3 is 4.74 Å². The number of benzene rings is 2. The number of hydrogen-bond donors (Lipinski definition) is 0. The molecule has 0 aromatic heterocycles. The normalized spacial score (nSPS) is 12.5. The van der Waals surface area contributed by atoms with Gasteiger partial charge in [-0.1, -0.05) is 30.3 Å². The van der Waals surface area contributed by atoms with E-state index < -0.39 is 5.38 Å². The van der Waals surface area contributed by atoms with Crippen LogP contribution in [0.4, 0.5) is 4.39 Å². The van der Waals surface area contributed by atoms with Crippen LogP contribution in [0.2, 0.25) is 0 Å². The molecule has 2 aromatic rings. The fraction of sp³-hybridized carbons (Fsp3) is 0.294. The van der Waals surface area contributed by atoms with Gasteiger partial charge in [0, 0.05) is 5.56 Å². The Kier molecular flexibility index (Phi) is 4.66. The van der Waals surface area contributed by atoms with E-state index in [0.29, 0.717) is 11.1 Å². The van der Waals surface area contributed by atoms with Crippen molar-refractivity contribution in [3.63, 3.8) is 0 Å². The number of aryl methyl sites for hydroxylation is 1. The standard InChI is InChI=1S/C17H18ClFO/c1-11(2)20-14-9-7-13(8-10-14)16(18)15-6-4-5-12(3)17(15)19/h4-11,16H,1-3H3. The summed E-state index contributed by atoms with van der Waals surface area (Å²) in [6.07, 6.45) is 0.127. The number of hydrogen-bond acceptors (Lipinski definition) is 1. The van der Waals surface area contributed by atoms with E-state index in [1.165, 1.54) is 0 Å². The van der Waals surface area contributed by atoms with Gasteiger partial charge in [0.05, 0.1) is 11.5 Å². The quantitative estimate of drug-likeness (QED) is 0.699. The van der Waals surface area contributed by atoms with Crippen molar-refractivity contribution in [3.8, 4) is 5.75 Å². The Morgan fingerprint density at radius 1 is 1.05 bits per heavy atom. The molecule has 0 bridgehead atoms. The monoisotopic (exact) mass is 292 g/mol. The highest BCUT2D eigenvalue weighted by Crippen LogP contribution is 2.32. The summed E-state index contributed by atoms with van der Waals surface area (Å²) in [5.74, 6) is 0.548. The molecule has 0 aliphatic heterocycles. The van der Waals surface area contributed by atoms with E-state index in [0.717, 1.165) is 11.3 Å². The second kappa shape index (κ2) is 6.27. The molecule has 0 fully saturated rings. The molecule has 1 nitrogen and oxygen atoms in total. The summed E-state index contributed by atoms with van der Waals surface area (Å²) in [6.45, 7) is 5.68. The highest BCUT2D eigenvalue weighted by molar-refractivity contribution is 6.22. The molecule has 0 aliphatic carbocycles. The van der Waals surface area contributed by atoms with Crippen molar-refractivity contribution in [2.24, 2.45) is 0 Å². The van der Waals surface area contributed by atoms with Crippen LogP contribution in [-0.4, -0.2) is 6.10 Å². The van der Waals surface area contributed by atoms with Crippen molar-refractivity contribution in [3.05, 3.63) is 65.0 Å². The molecule has 1 atom stereocenters. The molecule has 3 heteroatoms. The van der Waals surface area contributed by atoms with Gasteiger partial charge in [0.15, 0.2) is 0 Å². The summed E-state index contributed by atoms with van der Waals surface area (Å²) in [5, 5.41) is -0.497. The highest BCUT2D eigenvalue weighted by atomic mass is 35.5. The minimum absolute atomic E-state index is 0.127. The zero-order valence-electron chi connectivity index (χ0n) is 11.9. The Labute approximate surface area is 124 Å². The molecular formula is C17H18ClFO. The second-order valence-electron chi connectivity index (χ2n) is 5.08. The predicted octanol–water partition coefficient (Wildman–Crippen LogP) is 5.25. The SMILES string of the molecule is Cc1cccc(C(Cl)c2ccc(OC(C)C)cc2)c1F. The minimum Gasteiger partial charge on any atom is -0.491 e. The smallest absolute Gasteiger partial charge is 0.131 e. The van der Waals surface area contributed by atoms with Crippen molar-refractivity contribution in [1.82, 2.24) is 0 Å². The average Bonchev–Trinajstić information content (AvgIpc) is 2.41. The lowest BCUT2D eigenvalue weighted by molar-refractivity contribution is 0.242. The molecule has 2 aromatic carbocycles. The van der Waals surface area contributed by atoms with Crippen LogP contribution in [0.5, 0.6) is 5.75 Å². The zero-order chi connectivity index (χ0) is 14.7. The summed E-state index contributed by atoms with van der Waals surface area (Å²) in [6, 6.07) is 12.7. The highest BCUT2D eigenvalue weighted by Gasteiger charge is 2.16. The van der Waals surface area contributed by atoms with Crippen molar-refractivity contribution < 1.29 is 9.13 Å². The fourth-order valence-electron chi connectivity index (χ4n) is 2.03. The van der Waals surface area contributed by atoms with Crippen LogP contribution in [0.1, 0.15) is 35.9 Å². The van der Waals surface area contributed by atoms with E-state index in [4.69, 9.17) is 16.3 Å². The number of ether oxygens (including phenoxy) is 1. The van der Waals surface area contributed by atoms with Crippen LogP contribution in [0.15, 0.2) is 42.5 Å². The first-order valence-electron chi connectivity index (χ1n) is 6.64. The lowest BCUT2D eigenvalue weighted by atomic mass is 10.0. The maximum absolute atomic E-state index is 14.1. The van der Waals surface area contributed by atoms with Crippen molar-refractivity contribution >= 4 is 11.6 Å². The molecule has 0 radical (unpaired) electrons. The van der Waals surface area contributed by atoms with Gasteiger partial charge in [0.1, 0.15) is 11.6 Å². The van der Waals surface area contributed by atoms with E-state index in [9.17, 15) is 4.39 Å².